The van der Waals surface area contributed by atoms with E-state index in [2.05, 4.69) is 10.6 Å². The molecule has 0 aliphatic heterocycles. The van der Waals surface area contributed by atoms with Gasteiger partial charge in [0.2, 0.25) is 11.8 Å². The van der Waals surface area contributed by atoms with Gasteiger partial charge in [0.15, 0.2) is 0 Å². The maximum Gasteiger partial charge on any atom is 0.418 e. The Bertz CT molecular complexity index is 849. The monoisotopic (exact) mass is 382 g/mol. The number of anilines is 2. The second-order valence-corrected chi connectivity index (χ2v) is 6.48. The first-order valence-corrected chi connectivity index (χ1v) is 8.15. The number of hydrogen-bond donors (Lipinski definition) is 2. The van der Waals surface area contributed by atoms with Crippen molar-refractivity contribution in [1.29, 1.82) is 0 Å². The van der Waals surface area contributed by atoms with Crippen LogP contribution in [0.2, 0.25) is 5.02 Å². The molecule has 0 aromatic heterocycles. The molecule has 4 nitrogen and oxygen atoms in total. The van der Waals surface area contributed by atoms with Gasteiger partial charge in [0.1, 0.15) is 5.41 Å². The average molecular weight is 383 g/mol. The lowest BCUT2D eigenvalue weighted by Gasteiger charge is -2.18. The first kappa shape index (κ1) is 18.3. The summed E-state index contributed by atoms with van der Waals surface area (Å²) < 4.78 is 39.4. The lowest BCUT2D eigenvalue weighted by atomic mass is 10.0. The molecule has 1 aliphatic rings. The number of alkyl halides is 3. The van der Waals surface area contributed by atoms with Crippen LogP contribution in [0.4, 0.5) is 24.5 Å². The van der Waals surface area contributed by atoms with Crippen LogP contribution in [0.25, 0.3) is 0 Å². The Kier molecular flexibility index (Phi) is 4.66. The van der Waals surface area contributed by atoms with Crippen LogP contribution >= 0.6 is 11.6 Å². The number of carbonyl (C=O) groups excluding carboxylic acids is 2. The maximum absolute atomic E-state index is 13.1. The van der Waals surface area contributed by atoms with E-state index in [4.69, 9.17) is 11.6 Å². The lowest BCUT2D eigenvalue weighted by molar-refractivity contribution is -0.137. The van der Waals surface area contributed by atoms with Gasteiger partial charge in [0, 0.05) is 10.7 Å². The molecule has 1 saturated carbocycles. The van der Waals surface area contributed by atoms with Gasteiger partial charge in [0.05, 0.1) is 11.3 Å². The van der Waals surface area contributed by atoms with Gasteiger partial charge in [-0.15, -0.1) is 0 Å². The molecule has 0 radical (unpaired) electrons. The van der Waals surface area contributed by atoms with Gasteiger partial charge in [-0.2, -0.15) is 13.2 Å². The van der Waals surface area contributed by atoms with Crippen molar-refractivity contribution < 1.29 is 22.8 Å². The highest BCUT2D eigenvalue weighted by molar-refractivity contribution is 6.30. The Hall–Kier alpha value is -2.54. The third kappa shape index (κ3) is 3.67. The van der Waals surface area contributed by atoms with E-state index in [0.717, 1.165) is 12.1 Å². The summed E-state index contributed by atoms with van der Waals surface area (Å²) in [5, 5.41) is 4.76. The van der Waals surface area contributed by atoms with Crippen molar-refractivity contribution in [2.75, 3.05) is 10.6 Å². The largest absolute Gasteiger partial charge is 0.418 e. The fourth-order valence-electron chi connectivity index (χ4n) is 2.56. The third-order valence-electron chi connectivity index (χ3n) is 4.19. The molecule has 3 rings (SSSR count). The molecule has 0 unspecified atom stereocenters. The highest BCUT2D eigenvalue weighted by atomic mass is 35.5. The van der Waals surface area contributed by atoms with Crippen LogP contribution in [-0.2, 0) is 15.8 Å². The minimum Gasteiger partial charge on any atom is -0.325 e. The molecule has 0 saturated heterocycles. The molecule has 1 fully saturated rings. The third-order valence-corrected chi connectivity index (χ3v) is 4.42. The zero-order valence-corrected chi connectivity index (χ0v) is 14.1. The van der Waals surface area contributed by atoms with E-state index in [1.807, 2.05) is 0 Å². The minimum atomic E-state index is -4.68. The quantitative estimate of drug-likeness (QED) is 0.752. The van der Waals surface area contributed by atoms with Crippen molar-refractivity contribution in [2.24, 2.45) is 5.41 Å². The van der Waals surface area contributed by atoms with E-state index in [0.29, 0.717) is 5.69 Å². The highest BCUT2D eigenvalue weighted by Gasteiger charge is 2.56. The molecular formula is C18H14ClF3N2O2. The Morgan fingerprint density at radius 2 is 1.58 bits per heavy atom. The molecule has 0 spiro atoms. The molecule has 136 valence electrons. The molecular weight excluding hydrogens is 369 g/mol. The predicted molar refractivity (Wildman–Crippen MR) is 91.8 cm³/mol. The van der Waals surface area contributed by atoms with E-state index in [1.54, 1.807) is 30.3 Å². The Morgan fingerprint density at radius 1 is 0.962 bits per heavy atom. The number of halogens is 4. The van der Waals surface area contributed by atoms with Crippen molar-refractivity contribution in [1.82, 2.24) is 0 Å². The summed E-state index contributed by atoms with van der Waals surface area (Å²) >= 11 is 5.63. The number of nitrogens with one attached hydrogen (secondary N) is 2. The van der Waals surface area contributed by atoms with E-state index >= 15 is 0 Å². The first-order valence-electron chi connectivity index (χ1n) is 7.77. The Balaban J connectivity index is 1.79. The topological polar surface area (TPSA) is 58.2 Å². The normalized spacial score (nSPS) is 15.2. The summed E-state index contributed by atoms with van der Waals surface area (Å²) in [6.45, 7) is 0. The molecule has 2 aromatic carbocycles. The number of rotatable bonds is 4. The van der Waals surface area contributed by atoms with Crippen LogP contribution in [0.3, 0.4) is 0 Å². The van der Waals surface area contributed by atoms with Crippen molar-refractivity contribution in [3.8, 4) is 0 Å². The van der Waals surface area contributed by atoms with E-state index in [1.165, 1.54) is 6.07 Å². The van der Waals surface area contributed by atoms with Gasteiger partial charge < -0.3 is 10.6 Å². The van der Waals surface area contributed by atoms with Crippen LogP contribution in [-0.4, -0.2) is 11.8 Å². The molecule has 2 N–H and O–H groups in total. The average Bonchev–Trinajstić information content (AvgIpc) is 3.38. The molecule has 0 atom stereocenters. The minimum absolute atomic E-state index is 0.0988. The van der Waals surface area contributed by atoms with Gasteiger partial charge >= 0.3 is 6.18 Å². The van der Waals surface area contributed by atoms with Crippen LogP contribution in [0.1, 0.15) is 18.4 Å². The number of para-hydroxylation sites is 1. The van der Waals surface area contributed by atoms with Crippen molar-refractivity contribution in [3.05, 3.63) is 59.1 Å². The van der Waals surface area contributed by atoms with Crippen LogP contribution in [0, 0.1) is 5.41 Å². The summed E-state index contributed by atoms with van der Waals surface area (Å²) in [4.78, 5) is 25.0. The fraction of sp³-hybridized carbons (Fsp3) is 0.222. The van der Waals surface area contributed by atoms with Crippen molar-refractivity contribution in [3.63, 3.8) is 0 Å². The number of carbonyl (C=O) groups is 2. The summed E-state index contributed by atoms with van der Waals surface area (Å²) in [5.74, 6) is -1.30. The highest BCUT2D eigenvalue weighted by Crippen LogP contribution is 2.48. The first-order chi connectivity index (χ1) is 12.2. The van der Waals surface area contributed by atoms with Crippen molar-refractivity contribution in [2.45, 2.75) is 19.0 Å². The molecule has 0 heterocycles. The van der Waals surface area contributed by atoms with Gasteiger partial charge in [-0.05, 0) is 43.2 Å². The van der Waals surface area contributed by atoms with Crippen LogP contribution in [0.15, 0.2) is 48.5 Å². The van der Waals surface area contributed by atoms with Crippen molar-refractivity contribution >= 4 is 34.8 Å². The molecule has 2 aromatic rings. The summed E-state index contributed by atoms with van der Waals surface area (Å²) in [6, 6.07) is 11.6. The molecule has 8 heteroatoms. The van der Waals surface area contributed by atoms with E-state index < -0.39 is 34.7 Å². The predicted octanol–water partition coefficient (Wildman–Crippen LogP) is 4.72. The molecule has 0 bridgehead atoms. The van der Waals surface area contributed by atoms with Gasteiger partial charge in [-0.25, -0.2) is 0 Å². The lowest BCUT2D eigenvalue weighted by Crippen LogP contribution is -2.36. The summed E-state index contributed by atoms with van der Waals surface area (Å²) in [5.41, 5.74) is -2.33. The zero-order chi connectivity index (χ0) is 18.9. The standard InChI is InChI=1S/C18H14ClF3N2O2/c19-11-6-7-14(13(10-11)18(20,21)22)24-16(26)17(8-9-17)15(25)23-12-4-2-1-3-5-12/h1-7,10H,8-9H2,(H,23,25)(H,24,26). The maximum atomic E-state index is 13.1. The van der Waals surface area contributed by atoms with Gasteiger partial charge in [-0.1, -0.05) is 29.8 Å². The second kappa shape index (κ2) is 6.64. The van der Waals surface area contributed by atoms with E-state index in [-0.39, 0.29) is 17.9 Å². The van der Waals surface area contributed by atoms with Gasteiger partial charge in [-0.3, -0.25) is 9.59 Å². The fourth-order valence-corrected chi connectivity index (χ4v) is 2.73. The van der Waals surface area contributed by atoms with Gasteiger partial charge in [0.25, 0.3) is 0 Å². The second-order valence-electron chi connectivity index (χ2n) is 6.04. The Labute approximate surface area is 152 Å². The summed E-state index contributed by atoms with van der Waals surface area (Å²) in [7, 11) is 0. The van der Waals surface area contributed by atoms with Crippen LogP contribution in [0.5, 0.6) is 0 Å². The summed E-state index contributed by atoms with van der Waals surface area (Å²) in [6.07, 6.45) is -4.14. The Morgan fingerprint density at radius 3 is 2.15 bits per heavy atom. The van der Waals surface area contributed by atoms with Crippen LogP contribution < -0.4 is 10.6 Å². The molecule has 1 aliphatic carbocycles. The molecule has 2 amide bonds. The zero-order valence-electron chi connectivity index (χ0n) is 13.4. The number of hydrogen-bond acceptors (Lipinski definition) is 2. The number of benzene rings is 2. The SMILES string of the molecule is O=C(Nc1ccccc1)C1(C(=O)Nc2ccc(Cl)cc2C(F)(F)F)CC1. The van der Waals surface area contributed by atoms with E-state index in [9.17, 15) is 22.8 Å². The smallest absolute Gasteiger partial charge is 0.325 e. The molecule has 26 heavy (non-hydrogen) atoms. The number of amides is 2.